The summed E-state index contributed by atoms with van der Waals surface area (Å²) in [6.07, 6.45) is 16.1. The number of benzene rings is 2. The lowest BCUT2D eigenvalue weighted by Crippen LogP contribution is -3.00. The van der Waals surface area contributed by atoms with E-state index >= 15 is 0 Å². The molecular weight excluding hydrogens is 579 g/mol. The third-order valence-electron chi connectivity index (χ3n) is 7.44. The molecule has 0 fully saturated rings. The van der Waals surface area contributed by atoms with Gasteiger partial charge in [0.1, 0.15) is 4.70 Å². The fourth-order valence-corrected chi connectivity index (χ4v) is 8.34. The van der Waals surface area contributed by atoms with Crippen LogP contribution in [-0.4, -0.2) is 6.54 Å². The molecule has 0 saturated heterocycles. The van der Waals surface area contributed by atoms with E-state index in [1.807, 2.05) is 23.1 Å². The number of thioether (sulfide) groups is 1. The molecule has 4 aliphatic rings. The standard InChI is InChI=1S/C30H29N2S2.HI/c1-3-14-27-25(12-1)31-16-6-10-23(29(31)33-27)19-21-8-5-9-22(18-21)20-24-11-7-17-32-26-13-2-4-15-28(26)34-30(24)32;/h1-4,12-15,18-20H,5-11,16-17H2;1H/q+1;/p-1. The number of nitrogens with zero attached hydrogens (tertiary/aromatic N) is 2. The second kappa shape index (κ2) is 9.91. The highest BCUT2D eigenvalue weighted by molar-refractivity contribution is 8.03. The fraction of sp³-hybridized carbons (Fsp3) is 0.300. The van der Waals surface area contributed by atoms with Crippen LogP contribution in [0.15, 0.2) is 93.4 Å². The Morgan fingerprint density at radius 3 is 2.71 bits per heavy atom. The normalized spacial score (nSPS) is 21.6. The van der Waals surface area contributed by atoms with E-state index in [0.29, 0.717) is 0 Å². The number of aryl methyl sites for hydroxylation is 1. The van der Waals surface area contributed by atoms with E-state index in [1.54, 1.807) is 0 Å². The zero-order chi connectivity index (χ0) is 22.5. The molecule has 2 nitrogen and oxygen atoms in total. The van der Waals surface area contributed by atoms with Gasteiger partial charge in [-0.25, -0.2) is 0 Å². The molecule has 0 bridgehead atoms. The van der Waals surface area contributed by atoms with Crippen molar-refractivity contribution in [2.75, 3.05) is 11.4 Å². The molecule has 0 unspecified atom stereocenters. The first-order valence-electron chi connectivity index (χ1n) is 12.6. The van der Waals surface area contributed by atoms with Crippen molar-refractivity contribution in [3.63, 3.8) is 0 Å². The molecule has 0 atom stereocenters. The molecular formula is C30H29IN2S2. The number of para-hydroxylation sites is 2. The highest BCUT2D eigenvalue weighted by Gasteiger charge is 2.30. The SMILES string of the molecule is C1=C(C=C2CCC[n+]3c2sc2ccccc23)CCCC1=CC1=C2Sc3ccccc3N2CCC1.[I-]. The number of thiazole rings is 1. The molecule has 3 aromatic rings. The van der Waals surface area contributed by atoms with Gasteiger partial charge in [0, 0.05) is 29.5 Å². The first-order chi connectivity index (χ1) is 16.8. The lowest BCUT2D eigenvalue weighted by molar-refractivity contribution is -0.672. The molecule has 0 spiro atoms. The largest absolute Gasteiger partial charge is 1.00 e. The maximum atomic E-state index is 2.55. The summed E-state index contributed by atoms with van der Waals surface area (Å²) in [5, 5.41) is 2.94. The molecule has 1 aromatic heterocycles. The van der Waals surface area contributed by atoms with Crippen LogP contribution in [0.2, 0.25) is 0 Å². The zero-order valence-corrected chi connectivity index (χ0v) is 23.6. The van der Waals surface area contributed by atoms with Crippen molar-refractivity contribution in [1.29, 1.82) is 0 Å². The number of hydrogen-bond donors (Lipinski definition) is 0. The smallest absolute Gasteiger partial charge is 0.265 e. The zero-order valence-electron chi connectivity index (χ0n) is 19.8. The van der Waals surface area contributed by atoms with Crippen molar-refractivity contribution in [2.45, 2.75) is 56.4 Å². The summed E-state index contributed by atoms with van der Waals surface area (Å²) in [5.74, 6) is 0. The predicted molar refractivity (Wildman–Crippen MR) is 145 cm³/mol. The Morgan fingerprint density at radius 1 is 0.857 bits per heavy atom. The van der Waals surface area contributed by atoms with Crippen molar-refractivity contribution < 1.29 is 28.5 Å². The van der Waals surface area contributed by atoms with Crippen molar-refractivity contribution in [3.8, 4) is 0 Å². The van der Waals surface area contributed by atoms with Crippen LogP contribution in [0, 0.1) is 0 Å². The molecule has 7 rings (SSSR count). The minimum atomic E-state index is 0. The molecule has 0 radical (unpaired) electrons. The summed E-state index contributed by atoms with van der Waals surface area (Å²) in [4.78, 5) is 3.96. The monoisotopic (exact) mass is 608 g/mol. The number of rotatable bonds is 2. The molecule has 0 amide bonds. The molecule has 4 heterocycles. The van der Waals surface area contributed by atoms with Gasteiger partial charge in [0.05, 0.1) is 10.7 Å². The topological polar surface area (TPSA) is 7.12 Å². The second-order valence-electron chi connectivity index (χ2n) is 9.75. The van der Waals surface area contributed by atoms with Gasteiger partial charge in [0.15, 0.2) is 6.54 Å². The molecule has 178 valence electrons. The Morgan fingerprint density at radius 2 is 1.74 bits per heavy atom. The Balaban J connectivity index is 0.00000229. The predicted octanol–water partition coefficient (Wildman–Crippen LogP) is 5.02. The van der Waals surface area contributed by atoms with Crippen molar-refractivity contribution in [3.05, 3.63) is 93.5 Å². The first-order valence-corrected chi connectivity index (χ1v) is 14.3. The Bertz CT molecular complexity index is 1430. The molecule has 5 heteroatoms. The van der Waals surface area contributed by atoms with Crippen LogP contribution >= 0.6 is 23.1 Å². The second-order valence-corrected chi connectivity index (χ2v) is 11.8. The average molecular weight is 609 g/mol. The van der Waals surface area contributed by atoms with Crippen LogP contribution in [0.1, 0.15) is 50.0 Å². The summed E-state index contributed by atoms with van der Waals surface area (Å²) >= 11 is 3.93. The number of fused-ring (bicyclic) bond motifs is 6. The van der Waals surface area contributed by atoms with E-state index in [4.69, 9.17) is 0 Å². The van der Waals surface area contributed by atoms with Gasteiger partial charge in [-0.15, -0.1) is 0 Å². The van der Waals surface area contributed by atoms with Gasteiger partial charge in [0.2, 0.25) is 5.52 Å². The maximum Gasteiger partial charge on any atom is 0.265 e. The molecule has 35 heavy (non-hydrogen) atoms. The highest BCUT2D eigenvalue weighted by Crippen LogP contribution is 2.49. The third kappa shape index (κ3) is 4.34. The molecule has 3 aliphatic heterocycles. The summed E-state index contributed by atoms with van der Waals surface area (Å²) in [7, 11) is 0. The maximum absolute atomic E-state index is 2.55. The van der Waals surface area contributed by atoms with Gasteiger partial charge in [-0.05, 0) is 79.5 Å². The van der Waals surface area contributed by atoms with E-state index in [1.165, 1.54) is 98.1 Å². The van der Waals surface area contributed by atoms with Gasteiger partial charge in [-0.2, -0.15) is 4.57 Å². The summed E-state index contributed by atoms with van der Waals surface area (Å²) < 4.78 is 3.96. The fourth-order valence-electron chi connectivity index (χ4n) is 5.88. The minimum absolute atomic E-state index is 0. The molecule has 1 aliphatic carbocycles. The summed E-state index contributed by atoms with van der Waals surface area (Å²) in [6.45, 7) is 2.29. The van der Waals surface area contributed by atoms with Crippen molar-refractivity contribution in [1.82, 2.24) is 0 Å². The number of anilines is 1. The first kappa shape index (κ1) is 23.6. The van der Waals surface area contributed by atoms with Gasteiger partial charge in [-0.1, -0.05) is 59.5 Å². The number of hydrogen-bond acceptors (Lipinski definition) is 3. The van der Waals surface area contributed by atoms with Crippen molar-refractivity contribution in [2.24, 2.45) is 0 Å². The van der Waals surface area contributed by atoms with E-state index in [0.717, 1.165) is 13.1 Å². The quantitative estimate of drug-likeness (QED) is 0.298. The lowest BCUT2D eigenvalue weighted by Gasteiger charge is -2.27. The molecule has 2 aromatic carbocycles. The number of halogens is 1. The van der Waals surface area contributed by atoms with Crippen LogP contribution in [0.5, 0.6) is 0 Å². The van der Waals surface area contributed by atoms with Crippen molar-refractivity contribution >= 4 is 44.6 Å². The Kier molecular flexibility index (Phi) is 6.67. The van der Waals surface area contributed by atoms with Gasteiger partial charge < -0.3 is 28.9 Å². The summed E-state index contributed by atoms with van der Waals surface area (Å²) in [5.41, 5.74) is 8.89. The van der Waals surface area contributed by atoms with E-state index in [-0.39, 0.29) is 24.0 Å². The molecule has 0 N–H and O–H groups in total. The Labute approximate surface area is 233 Å². The van der Waals surface area contributed by atoms with Crippen LogP contribution in [0.4, 0.5) is 5.69 Å². The van der Waals surface area contributed by atoms with Gasteiger partial charge in [-0.3, -0.25) is 0 Å². The van der Waals surface area contributed by atoms with Crippen LogP contribution in [0.25, 0.3) is 15.8 Å². The third-order valence-corrected chi connectivity index (χ3v) is 9.92. The number of allylic oxidation sites excluding steroid dienone is 7. The molecule has 0 saturated carbocycles. The number of aromatic nitrogens is 1. The van der Waals surface area contributed by atoms with Crippen LogP contribution < -0.4 is 33.4 Å². The average Bonchev–Trinajstić information content (AvgIpc) is 3.44. The van der Waals surface area contributed by atoms with Gasteiger partial charge in [0.25, 0.3) is 5.01 Å². The van der Waals surface area contributed by atoms with E-state index in [2.05, 4.69) is 76.2 Å². The van der Waals surface area contributed by atoms with E-state index < -0.39 is 0 Å². The minimum Gasteiger partial charge on any atom is -1.00 e. The summed E-state index contributed by atoms with van der Waals surface area (Å²) in [6, 6.07) is 17.8. The van der Waals surface area contributed by atoms with Crippen LogP contribution in [-0.2, 0) is 6.54 Å². The van der Waals surface area contributed by atoms with E-state index in [9.17, 15) is 0 Å². The lowest BCUT2D eigenvalue weighted by atomic mass is 9.91. The van der Waals surface area contributed by atoms with Crippen LogP contribution in [0.3, 0.4) is 0 Å². The highest BCUT2D eigenvalue weighted by atomic mass is 127. The van der Waals surface area contributed by atoms with Gasteiger partial charge >= 0.3 is 0 Å². The Hall–Kier alpha value is -1.83.